The molecule has 0 unspecified atom stereocenters. The second-order valence-electron chi connectivity index (χ2n) is 3.00. The van der Waals surface area contributed by atoms with Gasteiger partial charge in [0.05, 0.1) is 0 Å². The number of thioether (sulfide) groups is 1. The minimum atomic E-state index is -0.936. The molecule has 0 saturated carbocycles. The van der Waals surface area contributed by atoms with Crippen LogP contribution in [-0.4, -0.2) is 26.8 Å². The highest BCUT2D eigenvalue weighted by Crippen LogP contribution is 2.16. The van der Waals surface area contributed by atoms with Crippen molar-refractivity contribution >= 4 is 29.4 Å². The van der Waals surface area contributed by atoms with Gasteiger partial charge in [0.1, 0.15) is 11.6 Å². The first kappa shape index (κ1) is 12.3. The maximum Gasteiger partial charge on any atom is 0.330 e. The third-order valence-corrected chi connectivity index (χ3v) is 2.46. The van der Waals surface area contributed by atoms with Crippen molar-refractivity contribution in [3.8, 4) is 0 Å². The van der Waals surface area contributed by atoms with E-state index in [1.54, 1.807) is 6.08 Å². The molecule has 0 atom stereocenters. The van der Waals surface area contributed by atoms with Gasteiger partial charge in [-0.1, -0.05) is 17.8 Å². The molecule has 1 rings (SSSR count). The molecule has 0 fully saturated rings. The van der Waals surface area contributed by atoms with Gasteiger partial charge in [0, 0.05) is 17.4 Å². The summed E-state index contributed by atoms with van der Waals surface area (Å²) in [6.07, 6.45) is 1.58. The first-order valence-electron chi connectivity index (χ1n) is 4.42. The van der Waals surface area contributed by atoms with E-state index in [1.807, 2.05) is 0 Å². The summed E-state index contributed by atoms with van der Waals surface area (Å²) < 4.78 is 0. The average molecular weight is 240 g/mol. The van der Waals surface area contributed by atoms with Crippen LogP contribution in [0.3, 0.4) is 0 Å². The van der Waals surface area contributed by atoms with Crippen molar-refractivity contribution in [1.29, 1.82) is 0 Å². The molecule has 0 aliphatic rings. The number of carboxylic acid groups (broad SMARTS) is 1. The molecule has 0 spiro atoms. The van der Waals surface area contributed by atoms with Crippen molar-refractivity contribution in [2.24, 2.45) is 0 Å². The van der Waals surface area contributed by atoms with Crippen LogP contribution in [0.4, 0.5) is 11.6 Å². The van der Waals surface area contributed by atoms with Gasteiger partial charge in [-0.05, 0) is 6.92 Å². The molecule has 5 N–H and O–H groups in total. The van der Waals surface area contributed by atoms with Gasteiger partial charge < -0.3 is 16.6 Å². The maximum atomic E-state index is 10.5. The maximum absolute atomic E-state index is 10.5. The molecular formula is C9H12N4O2S. The fourth-order valence-corrected chi connectivity index (χ4v) is 1.68. The van der Waals surface area contributed by atoms with Gasteiger partial charge in [0.2, 0.25) is 0 Å². The highest BCUT2D eigenvalue weighted by Gasteiger charge is 2.02. The van der Waals surface area contributed by atoms with E-state index in [-0.39, 0.29) is 5.57 Å². The zero-order chi connectivity index (χ0) is 12.1. The van der Waals surface area contributed by atoms with Crippen molar-refractivity contribution in [2.45, 2.75) is 12.1 Å². The topological polar surface area (TPSA) is 115 Å². The molecular weight excluding hydrogens is 228 g/mol. The summed E-state index contributed by atoms with van der Waals surface area (Å²) in [4.78, 5) is 18.4. The van der Waals surface area contributed by atoms with E-state index in [1.165, 1.54) is 24.8 Å². The highest BCUT2D eigenvalue weighted by molar-refractivity contribution is 7.99. The van der Waals surface area contributed by atoms with Crippen LogP contribution in [0.5, 0.6) is 0 Å². The lowest BCUT2D eigenvalue weighted by Gasteiger charge is -2.00. The van der Waals surface area contributed by atoms with Crippen LogP contribution in [-0.2, 0) is 4.79 Å². The van der Waals surface area contributed by atoms with Gasteiger partial charge >= 0.3 is 5.97 Å². The number of nitrogens with zero attached hydrogens (tertiary/aromatic N) is 2. The molecule has 6 nitrogen and oxygen atoms in total. The van der Waals surface area contributed by atoms with Gasteiger partial charge in [-0.15, -0.1) is 0 Å². The molecule has 0 saturated heterocycles. The zero-order valence-corrected chi connectivity index (χ0v) is 9.49. The summed E-state index contributed by atoms with van der Waals surface area (Å²) in [6.45, 7) is 1.53. The second-order valence-corrected chi connectivity index (χ2v) is 3.99. The lowest BCUT2D eigenvalue weighted by molar-refractivity contribution is -0.132. The molecule has 0 aliphatic carbocycles. The van der Waals surface area contributed by atoms with Crippen molar-refractivity contribution < 1.29 is 9.90 Å². The standard InChI is InChI=1S/C9H12N4O2S/c1-5(8(14)15)2-3-16-9-12-6(10)4-7(11)13-9/h2,4H,3H2,1H3,(H,14,15)(H4,10,11,12,13). The van der Waals surface area contributed by atoms with E-state index in [4.69, 9.17) is 16.6 Å². The number of hydrogen-bond donors (Lipinski definition) is 3. The molecule has 0 aromatic carbocycles. The summed E-state index contributed by atoms with van der Waals surface area (Å²) in [5.74, 6) is 0.123. The predicted octanol–water partition coefficient (Wildman–Crippen LogP) is 0.764. The number of anilines is 2. The van der Waals surface area contributed by atoms with Crippen LogP contribution < -0.4 is 11.5 Å². The number of carbonyl (C=O) groups is 1. The Labute approximate surface area is 96.8 Å². The molecule has 1 heterocycles. The molecule has 0 radical (unpaired) electrons. The second kappa shape index (κ2) is 5.36. The Morgan fingerprint density at radius 2 is 2.06 bits per heavy atom. The normalized spacial score (nSPS) is 11.4. The van der Waals surface area contributed by atoms with Gasteiger partial charge in [-0.3, -0.25) is 0 Å². The van der Waals surface area contributed by atoms with Crippen LogP contribution in [0.15, 0.2) is 22.9 Å². The minimum absolute atomic E-state index is 0.282. The van der Waals surface area contributed by atoms with Crippen LogP contribution >= 0.6 is 11.8 Å². The molecule has 1 aromatic rings. The Bertz CT molecular complexity index is 413. The number of nitrogen functional groups attached to an aromatic ring is 2. The molecule has 0 aliphatic heterocycles. The van der Waals surface area contributed by atoms with Crippen molar-refractivity contribution in [2.75, 3.05) is 17.2 Å². The molecule has 0 amide bonds. The average Bonchev–Trinajstić information content (AvgIpc) is 2.15. The smallest absolute Gasteiger partial charge is 0.330 e. The van der Waals surface area contributed by atoms with Gasteiger partial charge in [-0.2, -0.15) is 0 Å². The summed E-state index contributed by atoms with van der Waals surface area (Å²) in [5.41, 5.74) is 11.3. The third-order valence-electron chi connectivity index (χ3n) is 1.68. The summed E-state index contributed by atoms with van der Waals surface area (Å²) in [5, 5.41) is 9.06. The molecule has 0 bridgehead atoms. The highest BCUT2D eigenvalue weighted by atomic mass is 32.2. The molecule has 7 heteroatoms. The Morgan fingerprint density at radius 1 is 1.50 bits per heavy atom. The quantitative estimate of drug-likeness (QED) is 0.404. The number of aromatic nitrogens is 2. The van der Waals surface area contributed by atoms with E-state index in [9.17, 15) is 4.79 Å². The number of rotatable bonds is 4. The lowest BCUT2D eigenvalue weighted by atomic mass is 10.3. The van der Waals surface area contributed by atoms with Crippen LogP contribution in [0.2, 0.25) is 0 Å². The summed E-state index contributed by atoms with van der Waals surface area (Å²) in [7, 11) is 0. The fourth-order valence-electron chi connectivity index (χ4n) is 0.855. The minimum Gasteiger partial charge on any atom is -0.478 e. The third kappa shape index (κ3) is 3.77. The first-order chi connectivity index (χ1) is 7.49. The summed E-state index contributed by atoms with van der Waals surface area (Å²) in [6, 6.07) is 1.46. The van der Waals surface area contributed by atoms with Crippen molar-refractivity contribution in [1.82, 2.24) is 9.97 Å². The van der Waals surface area contributed by atoms with E-state index in [0.29, 0.717) is 22.5 Å². The largest absolute Gasteiger partial charge is 0.478 e. The zero-order valence-electron chi connectivity index (χ0n) is 8.67. The predicted molar refractivity (Wildman–Crippen MR) is 63.0 cm³/mol. The number of carboxylic acids is 1. The van der Waals surface area contributed by atoms with E-state index < -0.39 is 5.97 Å². The number of nitrogens with two attached hydrogens (primary N) is 2. The van der Waals surface area contributed by atoms with E-state index in [2.05, 4.69) is 9.97 Å². The van der Waals surface area contributed by atoms with Crippen LogP contribution in [0.25, 0.3) is 0 Å². The number of aliphatic carboxylic acids is 1. The number of hydrogen-bond acceptors (Lipinski definition) is 6. The Kier molecular flexibility index (Phi) is 4.12. The lowest BCUT2D eigenvalue weighted by Crippen LogP contribution is -2.00. The Morgan fingerprint density at radius 3 is 2.56 bits per heavy atom. The molecule has 16 heavy (non-hydrogen) atoms. The first-order valence-corrected chi connectivity index (χ1v) is 5.40. The van der Waals surface area contributed by atoms with E-state index >= 15 is 0 Å². The van der Waals surface area contributed by atoms with Crippen molar-refractivity contribution in [3.05, 3.63) is 17.7 Å². The van der Waals surface area contributed by atoms with Gasteiger partial charge in [-0.25, -0.2) is 14.8 Å². The van der Waals surface area contributed by atoms with E-state index in [0.717, 1.165) is 0 Å². The fraction of sp³-hybridized carbons (Fsp3) is 0.222. The summed E-state index contributed by atoms with van der Waals surface area (Å²) >= 11 is 1.27. The molecule has 86 valence electrons. The van der Waals surface area contributed by atoms with Crippen LogP contribution in [0, 0.1) is 0 Å². The molecule has 1 aromatic heterocycles. The van der Waals surface area contributed by atoms with Gasteiger partial charge in [0.15, 0.2) is 5.16 Å². The monoisotopic (exact) mass is 240 g/mol. The van der Waals surface area contributed by atoms with Crippen LogP contribution in [0.1, 0.15) is 6.92 Å². The Hall–Kier alpha value is -1.76. The SMILES string of the molecule is CC(=CCSc1nc(N)cc(N)n1)C(=O)O. The van der Waals surface area contributed by atoms with Gasteiger partial charge in [0.25, 0.3) is 0 Å². The van der Waals surface area contributed by atoms with Crippen molar-refractivity contribution in [3.63, 3.8) is 0 Å². The Balaban J connectivity index is 2.62.